The molecule has 0 aliphatic rings. The van der Waals surface area contributed by atoms with Gasteiger partial charge in [-0.3, -0.25) is 4.79 Å². The third-order valence-corrected chi connectivity index (χ3v) is 6.44. The number of methoxy groups -OCH3 is 1. The van der Waals surface area contributed by atoms with Crippen LogP contribution < -0.4 is 5.32 Å². The molecule has 0 saturated heterocycles. The predicted molar refractivity (Wildman–Crippen MR) is 138 cm³/mol. The number of rotatable bonds is 8. The fourth-order valence-corrected chi connectivity index (χ4v) is 4.62. The number of hydrogen-bond donors (Lipinski definition) is 1. The fraction of sp³-hybridized carbons (Fsp3) is 0.161. The van der Waals surface area contributed by atoms with Gasteiger partial charge in [-0.2, -0.15) is 0 Å². The second kappa shape index (κ2) is 10.8. The van der Waals surface area contributed by atoms with Crippen molar-refractivity contribution in [2.24, 2.45) is 0 Å². The monoisotopic (exact) mass is 463 g/mol. The van der Waals surface area contributed by atoms with E-state index < -0.39 is 17.4 Å². The summed E-state index contributed by atoms with van der Waals surface area (Å²) in [6.45, 7) is 1.99. The zero-order valence-corrected chi connectivity index (χ0v) is 20.0. The maximum absolute atomic E-state index is 14.5. The highest BCUT2D eigenvalue weighted by Crippen LogP contribution is 2.39. The van der Waals surface area contributed by atoms with Gasteiger partial charge < -0.3 is 10.1 Å². The predicted octanol–water partition coefficient (Wildman–Crippen LogP) is 5.23. The molecule has 1 atom stereocenters. The number of carbonyl (C=O) groups excluding carboxylic acids is 2. The first-order chi connectivity index (χ1) is 17.1. The molecular weight excluding hydrogens is 434 g/mol. The van der Waals surface area contributed by atoms with Gasteiger partial charge in [0.1, 0.15) is 11.5 Å². The Morgan fingerprint density at radius 2 is 1.14 bits per heavy atom. The molecule has 0 aromatic heterocycles. The molecule has 1 amide bonds. The maximum Gasteiger partial charge on any atom is 0.328 e. The van der Waals surface area contributed by atoms with Crippen molar-refractivity contribution >= 4 is 11.9 Å². The van der Waals surface area contributed by atoms with Gasteiger partial charge >= 0.3 is 5.97 Å². The highest BCUT2D eigenvalue weighted by molar-refractivity contribution is 5.98. The van der Waals surface area contributed by atoms with Crippen LogP contribution in [0.3, 0.4) is 0 Å². The lowest BCUT2D eigenvalue weighted by Crippen LogP contribution is -2.52. The Morgan fingerprint density at radius 3 is 1.57 bits per heavy atom. The molecule has 0 bridgehead atoms. The first kappa shape index (κ1) is 24.0. The number of esters is 1. The lowest BCUT2D eigenvalue weighted by molar-refractivity contribution is -0.145. The molecule has 0 heterocycles. The minimum Gasteiger partial charge on any atom is -0.467 e. The zero-order chi connectivity index (χ0) is 24.7. The van der Waals surface area contributed by atoms with E-state index in [4.69, 9.17) is 4.74 Å². The fourth-order valence-electron chi connectivity index (χ4n) is 4.62. The number of amides is 1. The summed E-state index contributed by atoms with van der Waals surface area (Å²) >= 11 is 0. The largest absolute Gasteiger partial charge is 0.467 e. The lowest BCUT2D eigenvalue weighted by Gasteiger charge is -2.35. The summed E-state index contributed by atoms with van der Waals surface area (Å²) in [4.78, 5) is 27.3. The van der Waals surface area contributed by atoms with Gasteiger partial charge in [-0.15, -0.1) is 0 Å². The van der Waals surface area contributed by atoms with Crippen molar-refractivity contribution in [1.82, 2.24) is 5.32 Å². The van der Waals surface area contributed by atoms with Crippen LogP contribution in [0, 0.1) is 6.92 Å². The lowest BCUT2D eigenvalue weighted by atomic mass is 9.68. The molecule has 0 fully saturated rings. The van der Waals surface area contributed by atoms with Crippen LogP contribution in [-0.4, -0.2) is 25.0 Å². The third kappa shape index (κ3) is 4.87. The summed E-state index contributed by atoms with van der Waals surface area (Å²) in [6.07, 6.45) is 0.333. The van der Waals surface area contributed by atoms with Gasteiger partial charge in [0.2, 0.25) is 5.91 Å². The summed E-state index contributed by atoms with van der Waals surface area (Å²) in [7, 11) is 1.35. The van der Waals surface area contributed by atoms with Crippen molar-refractivity contribution in [1.29, 1.82) is 0 Å². The first-order valence-corrected chi connectivity index (χ1v) is 11.7. The Labute approximate surface area is 206 Å². The number of nitrogens with one attached hydrogen (secondary N) is 1. The standard InChI is InChI=1S/C31H29NO3/c1-23-14-12-13-15-24(23)22-28(29(33)35-2)32-30(34)31(25-16-6-3-7-17-25,26-18-8-4-9-19-26)27-20-10-5-11-21-27/h3-21,28H,22H2,1-2H3,(H,32,34)/t28-/m1/s1. The first-order valence-electron chi connectivity index (χ1n) is 11.7. The molecule has 0 aliphatic heterocycles. The molecular formula is C31H29NO3. The van der Waals surface area contributed by atoms with E-state index in [2.05, 4.69) is 5.32 Å². The van der Waals surface area contributed by atoms with Crippen LogP contribution in [0.5, 0.6) is 0 Å². The van der Waals surface area contributed by atoms with E-state index in [0.29, 0.717) is 6.42 Å². The maximum atomic E-state index is 14.5. The van der Waals surface area contributed by atoms with Gasteiger partial charge in [0, 0.05) is 6.42 Å². The molecule has 35 heavy (non-hydrogen) atoms. The van der Waals surface area contributed by atoms with E-state index in [1.165, 1.54) is 7.11 Å². The van der Waals surface area contributed by atoms with Crippen LogP contribution in [0.2, 0.25) is 0 Å². The quantitative estimate of drug-likeness (QED) is 0.288. The number of aryl methyl sites for hydroxylation is 1. The van der Waals surface area contributed by atoms with Crippen LogP contribution in [0.25, 0.3) is 0 Å². The molecule has 0 saturated carbocycles. The van der Waals surface area contributed by atoms with Gasteiger partial charge in [0.25, 0.3) is 0 Å². The molecule has 0 unspecified atom stereocenters. The van der Waals surface area contributed by atoms with E-state index >= 15 is 0 Å². The van der Waals surface area contributed by atoms with Crippen LogP contribution in [0.4, 0.5) is 0 Å². The van der Waals surface area contributed by atoms with Crippen LogP contribution >= 0.6 is 0 Å². The molecule has 0 spiro atoms. The zero-order valence-electron chi connectivity index (χ0n) is 20.0. The molecule has 4 heteroatoms. The van der Waals surface area contributed by atoms with Gasteiger partial charge in [-0.05, 0) is 34.7 Å². The molecule has 176 valence electrons. The van der Waals surface area contributed by atoms with Crippen molar-refractivity contribution in [2.75, 3.05) is 7.11 Å². The van der Waals surface area contributed by atoms with Gasteiger partial charge in [0.15, 0.2) is 0 Å². The Kier molecular flexibility index (Phi) is 7.41. The third-order valence-electron chi connectivity index (χ3n) is 6.44. The highest BCUT2D eigenvalue weighted by Gasteiger charge is 2.45. The van der Waals surface area contributed by atoms with Crippen molar-refractivity contribution in [2.45, 2.75) is 24.8 Å². The summed E-state index contributed by atoms with van der Waals surface area (Å²) in [6, 6.07) is 36.1. The van der Waals surface area contributed by atoms with Crippen LogP contribution in [0.15, 0.2) is 115 Å². The van der Waals surface area contributed by atoms with Crippen LogP contribution in [0.1, 0.15) is 27.8 Å². The van der Waals surface area contributed by atoms with Crippen molar-refractivity contribution in [3.63, 3.8) is 0 Å². The molecule has 4 rings (SSSR count). The SMILES string of the molecule is COC(=O)[C@@H](Cc1ccccc1C)NC(=O)C(c1ccccc1)(c1ccccc1)c1ccccc1. The van der Waals surface area contributed by atoms with E-state index in [-0.39, 0.29) is 5.91 Å². The molecule has 4 aromatic rings. The second-order valence-corrected chi connectivity index (χ2v) is 8.53. The summed E-state index contributed by atoms with van der Waals surface area (Å²) in [5.41, 5.74) is 3.31. The van der Waals surface area contributed by atoms with E-state index in [1.807, 2.05) is 122 Å². The topological polar surface area (TPSA) is 55.4 Å². The minimum atomic E-state index is -1.16. The Morgan fingerprint density at radius 1 is 0.714 bits per heavy atom. The highest BCUT2D eigenvalue weighted by atomic mass is 16.5. The average molecular weight is 464 g/mol. The molecule has 0 radical (unpaired) electrons. The number of hydrogen-bond acceptors (Lipinski definition) is 3. The molecule has 4 aromatic carbocycles. The van der Waals surface area contributed by atoms with E-state index in [1.54, 1.807) is 0 Å². The minimum absolute atomic E-state index is 0.287. The summed E-state index contributed by atoms with van der Waals surface area (Å²) < 4.78 is 5.10. The van der Waals surface area contributed by atoms with Crippen molar-refractivity contribution in [3.05, 3.63) is 143 Å². The molecule has 1 N–H and O–H groups in total. The van der Waals surface area contributed by atoms with Gasteiger partial charge in [-0.1, -0.05) is 115 Å². The Hall–Kier alpha value is -4.18. The van der Waals surface area contributed by atoms with Crippen LogP contribution in [-0.2, 0) is 26.2 Å². The summed E-state index contributed by atoms with van der Waals surface area (Å²) in [5, 5.41) is 3.07. The normalized spacial score (nSPS) is 11.9. The Bertz CT molecular complexity index is 1170. The second-order valence-electron chi connectivity index (χ2n) is 8.53. The number of ether oxygens (including phenoxy) is 1. The average Bonchev–Trinajstić information content (AvgIpc) is 2.91. The molecule has 0 aliphatic carbocycles. The van der Waals surface area contributed by atoms with Crippen molar-refractivity contribution < 1.29 is 14.3 Å². The van der Waals surface area contributed by atoms with Gasteiger partial charge in [0.05, 0.1) is 7.11 Å². The molecule has 4 nitrogen and oxygen atoms in total. The number of carbonyl (C=O) groups is 2. The van der Waals surface area contributed by atoms with Crippen molar-refractivity contribution in [3.8, 4) is 0 Å². The van der Waals surface area contributed by atoms with E-state index in [9.17, 15) is 9.59 Å². The summed E-state index contributed by atoms with van der Waals surface area (Å²) in [5.74, 6) is -0.769. The van der Waals surface area contributed by atoms with E-state index in [0.717, 1.165) is 27.8 Å². The smallest absolute Gasteiger partial charge is 0.328 e. The Balaban J connectivity index is 1.86. The van der Waals surface area contributed by atoms with Gasteiger partial charge in [-0.25, -0.2) is 4.79 Å². The number of benzene rings is 4.